The van der Waals surface area contributed by atoms with Crippen LogP contribution >= 0.6 is 0 Å². The van der Waals surface area contributed by atoms with Crippen molar-refractivity contribution in [2.75, 3.05) is 13.7 Å². The van der Waals surface area contributed by atoms with Crippen molar-refractivity contribution >= 4 is 34.3 Å². The molecule has 1 aliphatic carbocycles. The molecule has 0 spiro atoms. The van der Waals surface area contributed by atoms with Crippen molar-refractivity contribution in [3.63, 3.8) is 0 Å². The first kappa shape index (κ1) is 30.5. The van der Waals surface area contributed by atoms with Gasteiger partial charge in [-0.3, -0.25) is 14.4 Å². The number of nitrogens with one attached hydrogen (secondary N) is 2. The lowest BCUT2D eigenvalue weighted by Gasteiger charge is -2.20. The number of ether oxygens (including phenoxy) is 1. The highest BCUT2D eigenvalue weighted by Crippen LogP contribution is 2.46. The molecule has 0 atom stereocenters. The van der Waals surface area contributed by atoms with Crippen LogP contribution in [0.2, 0.25) is 0 Å². The van der Waals surface area contributed by atoms with Crippen LogP contribution in [0.3, 0.4) is 0 Å². The average Bonchev–Trinajstić information content (AvgIpc) is 3.82. The molecule has 1 fully saturated rings. The van der Waals surface area contributed by atoms with Gasteiger partial charge in [0.05, 0.1) is 24.8 Å². The quantitative estimate of drug-likeness (QED) is 0.174. The number of unbranched alkanes of at least 4 members (excludes halogenated alkanes) is 1. The fourth-order valence-corrected chi connectivity index (χ4v) is 5.36. The molecule has 0 aromatic heterocycles. The largest absolute Gasteiger partial charge is 0.480 e. The molecular formula is C37H37N3O4. The summed E-state index contributed by atoms with van der Waals surface area (Å²) in [4.78, 5) is 42.4. The second kappa shape index (κ2) is 14.5. The fraction of sp³-hybridized carbons (Fsp3) is 0.297. The van der Waals surface area contributed by atoms with Gasteiger partial charge in [0.2, 0.25) is 11.7 Å². The van der Waals surface area contributed by atoms with Crippen molar-refractivity contribution in [3.8, 4) is 11.8 Å². The number of amides is 2. The zero-order valence-corrected chi connectivity index (χ0v) is 25.0. The third-order valence-corrected chi connectivity index (χ3v) is 7.98. The number of aryl methyl sites for hydroxylation is 1. The molecule has 7 nitrogen and oxygen atoms in total. The maximum Gasteiger partial charge on any atom is 0.288 e. The number of methoxy groups -OCH3 is 1. The molecule has 2 N–H and O–H groups in total. The van der Waals surface area contributed by atoms with E-state index in [1.165, 1.54) is 17.9 Å². The SMILES string of the molecule is COC1=N/C=C\CCC=C1C#CCNC(=O)C(=O)CCCCc1ccccc1C(=O)NC1(c2ccc3ccccc3c2)CC1. The lowest BCUT2D eigenvalue weighted by Crippen LogP contribution is -2.35. The van der Waals surface area contributed by atoms with E-state index in [-0.39, 0.29) is 24.4 Å². The highest BCUT2D eigenvalue weighted by atomic mass is 16.5. The van der Waals surface area contributed by atoms with E-state index in [2.05, 4.69) is 57.8 Å². The second-order valence-electron chi connectivity index (χ2n) is 11.1. The van der Waals surface area contributed by atoms with E-state index < -0.39 is 11.7 Å². The third-order valence-electron chi connectivity index (χ3n) is 7.98. The zero-order chi connectivity index (χ0) is 30.8. The Kier molecular flexibility index (Phi) is 10.0. The summed E-state index contributed by atoms with van der Waals surface area (Å²) < 4.78 is 5.28. The van der Waals surface area contributed by atoms with Gasteiger partial charge in [0.1, 0.15) is 0 Å². The van der Waals surface area contributed by atoms with Crippen molar-refractivity contribution < 1.29 is 19.1 Å². The monoisotopic (exact) mass is 587 g/mol. The number of Topliss-reactive ketones (excluding diaryl/α,β-unsaturated/α-hetero) is 1. The Bertz CT molecular complexity index is 1700. The lowest BCUT2D eigenvalue weighted by molar-refractivity contribution is -0.137. The van der Waals surface area contributed by atoms with Crippen molar-refractivity contribution in [2.24, 2.45) is 4.99 Å². The first-order chi connectivity index (χ1) is 21.5. The Labute approximate surface area is 258 Å². The Morgan fingerprint density at radius 3 is 2.57 bits per heavy atom. The molecule has 0 unspecified atom stereocenters. The lowest BCUT2D eigenvalue weighted by atomic mass is 9.97. The van der Waals surface area contributed by atoms with Crippen molar-refractivity contribution in [2.45, 2.75) is 56.9 Å². The topological polar surface area (TPSA) is 96.9 Å². The molecule has 224 valence electrons. The van der Waals surface area contributed by atoms with Crippen LogP contribution in [-0.2, 0) is 26.3 Å². The molecule has 5 rings (SSSR count). The molecule has 1 heterocycles. The van der Waals surface area contributed by atoms with Gasteiger partial charge in [-0.25, -0.2) is 4.99 Å². The average molecular weight is 588 g/mol. The number of aliphatic imine (C=N–C) groups is 1. The van der Waals surface area contributed by atoms with Crippen LogP contribution in [0.4, 0.5) is 0 Å². The summed E-state index contributed by atoms with van der Waals surface area (Å²) in [5, 5.41) is 8.23. The van der Waals surface area contributed by atoms with Crippen LogP contribution in [0.1, 0.15) is 66.4 Å². The predicted molar refractivity (Wildman–Crippen MR) is 173 cm³/mol. The summed E-state index contributed by atoms with van der Waals surface area (Å²) in [5.74, 6) is 5.06. The van der Waals surface area contributed by atoms with E-state index in [9.17, 15) is 14.4 Å². The summed E-state index contributed by atoms with van der Waals surface area (Å²) in [6.45, 7) is 0.0535. The standard InChI is InChI=1S/C37H37N3O4/c1-44-36-29(15-3-2-10-24-39-36)17-11-25-38-35(43)33(41)19-9-7-14-28-13-6-8-18-32(28)34(42)40-37(22-23-37)31-21-20-27-12-4-5-16-30(27)26-31/h4-6,8,10,12-13,15-16,18,20-21,24,26H,2-3,7,9,14,19,22-23,25H2,1H3,(H,38,43)(H,40,42)/b24-10-,29-15?,39-36?. The molecule has 44 heavy (non-hydrogen) atoms. The number of carbonyl (C=O) groups excluding carboxylic acids is 3. The number of hydrogen-bond acceptors (Lipinski definition) is 5. The van der Waals surface area contributed by atoms with Crippen LogP contribution in [0, 0.1) is 11.8 Å². The Morgan fingerprint density at radius 2 is 1.75 bits per heavy atom. The minimum absolute atomic E-state index is 0.0535. The first-order valence-corrected chi connectivity index (χ1v) is 15.2. The molecule has 3 aromatic carbocycles. The molecule has 2 aliphatic rings. The van der Waals surface area contributed by atoms with Gasteiger partial charge in [-0.15, -0.1) is 0 Å². The van der Waals surface area contributed by atoms with Crippen LogP contribution in [0.25, 0.3) is 10.8 Å². The van der Waals surface area contributed by atoms with Gasteiger partial charge >= 0.3 is 0 Å². The van der Waals surface area contributed by atoms with E-state index in [1.807, 2.05) is 48.6 Å². The second-order valence-corrected chi connectivity index (χ2v) is 11.1. The van der Waals surface area contributed by atoms with Gasteiger partial charge in [-0.05, 0) is 79.0 Å². The molecule has 1 aliphatic heterocycles. The van der Waals surface area contributed by atoms with Crippen LogP contribution < -0.4 is 10.6 Å². The number of fused-ring (bicyclic) bond motifs is 1. The maximum atomic E-state index is 13.4. The van der Waals surface area contributed by atoms with Crippen LogP contribution in [-0.4, -0.2) is 37.1 Å². The normalized spacial score (nSPS) is 15.8. The summed E-state index contributed by atoms with van der Waals surface area (Å²) in [7, 11) is 1.54. The molecule has 0 bridgehead atoms. The number of benzene rings is 3. The number of rotatable bonds is 10. The van der Waals surface area contributed by atoms with Crippen molar-refractivity contribution in [1.29, 1.82) is 0 Å². The van der Waals surface area contributed by atoms with Crippen LogP contribution in [0.15, 0.2) is 95.6 Å². The maximum absolute atomic E-state index is 13.4. The molecule has 3 aromatic rings. The van der Waals surface area contributed by atoms with E-state index in [1.54, 1.807) is 6.20 Å². The van der Waals surface area contributed by atoms with E-state index in [4.69, 9.17) is 4.74 Å². The number of nitrogens with zero attached hydrogens (tertiary/aromatic N) is 1. The fourth-order valence-electron chi connectivity index (χ4n) is 5.36. The van der Waals surface area contributed by atoms with Gasteiger partial charge in [0.15, 0.2) is 0 Å². The molecule has 7 heteroatoms. The van der Waals surface area contributed by atoms with Gasteiger partial charge in [-0.2, -0.15) is 0 Å². The van der Waals surface area contributed by atoms with Crippen LogP contribution in [0.5, 0.6) is 0 Å². The summed E-state index contributed by atoms with van der Waals surface area (Å²) >= 11 is 0. The van der Waals surface area contributed by atoms with Crippen molar-refractivity contribution in [3.05, 3.63) is 107 Å². The number of carbonyl (C=O) groups is 3. The van der Waals surface area contributed by atoms with E-state index in [0.717, 1.165) is 36.8 Å². The van der Waals surface area contributed by atoms with Crippen molar-refractivity contribution in [1.82, 2.24) is 10.6 Å². The minimum atomic E-state index is -0.641. The molecule has 0 radical (unpaired) electrons. The third kappa shape index (κ3) is 7.70. The summed E-state index contributed by atoms with van der Waals surface area (Å²) in [6, 6.07) is 22.2. The molecular weight excluding hydrogens is 550 g/mol. The van der Waals surface area contributed by atoms with Gasteiger partial charge in [0.25, 0.3) is 11.8 Å². The van der Waals surface area contributed by atoms with E-state index in [0.29, 0.717) is 36.3 Å². The number of ketones is 1. The summed E-state index contributed by atoms with van der Waals surface area (Å²) in [6.07, 6.45) is 11.1. The Morgan fingerprint density at radius 1 is 0.955 bits per heavy atom. The van der Waals surface area contributed by atoms with Gasteiger partial charge in [-0.1, -0.05) is 78.6 Å². The first-order valence-electron chi connectivity index (χ1n) is 15.2. The smallest absolute Gasteiger partial charge is 0.288 e. The minimum Gasteiger partial charge on any atom is -0.480 e. The van der Waals surface area contributed by atoms with Gasteiger partial charge in [0, 0.05) is 18.2 Å². The number of hydrogen-bond donors (Lipinski definition) is 2. The Balaban J connectivity index is 1.09. The Hall–Kier alpha value is -4.96. The summed E-state index contributed by atoms with van der Waals surface area (Å²) in [5.41, 5.74) is 3.05. The highest BCUT2D eigenvalue weighted by Gasteiger charge is 2.46. The zero-order valence-electron chi connectivity index (χ0n) is 25.0. The molecule has 1 saturated carbocycles. The number of allylic oxidation sites excluding steroid dienone is 2. The molecule has 0 saturated heterocycles. The van der Waals surface area contributed by atoms with Gasteiger partial charge < -0.3 is 15.4 Å². The highest BCUT2D eigenvalue weighted by molar-refractivity contribution is 6.36. The van der Waals surface area contributed by atoms with E-state index >= 15 is 0 Å². The predicted octanol–water partition coefficient (Wildman–Crippen LogP) is 5.94. The molecule has 2 amide bonds.